The maximum Gasteiger partial charge on any atom is 0.307 e. The van der Waals surface area contributed by atoms with Gasteiger partial charge in [-0.3, -0.25) is 14.3 Å². The van der Waals surface area contributed by atoms with Crippen molar-refractivity contribution in [2.45, 2.75) is 19.8 Å². The molecule has 98 valence electrons. The van der Waals surface area contributed by atoms with Gasteiger partial charge in [-0.05, 0) is 18.8 Å². The number of nitrogens with zero attached hydrogens (tertiary/aromatic N) is 2. The molecule has 0 aliphatic heterocycles. The number of anilines is 1. The number of carboxylic acids is 1. The molecule has 0 bridgehead atoms. The number of hydrogen-bond donors (Lipinski definition) is 2. The highest BCUT2D eigenvalue weighted by Gasteiger charge is 2.41. The van der Waals surface area contributed by atoms with E-state index < -0.39 is 17.8 Å². The van der Waals surface area contributed by atoms with E-state index in [1.807, 2.05) is 6.92 Å². The highest BCUT2D eigenvalue weighted by Crippen LogP contribution is 2.36. The molecule has 3 unspecified atom stereocenters. The van der Waals surface area contributed by atoms with Crippen molar-refractivity contribution in [3.8, 4) is 0 Å². The van der Waals surface area contributed by atoms with E-state index in [4.69, 9.17) is 5.11 Å². The van der Waals surface area contributed by atoms with Crippen molar-refractivity contribution >= 4 is 17.7 Å². The monoisotopic (exact) mass is 251 g/mol. The summed E-state index contributed by atoms with van der Waals surface area (Å²) in [6.07, 6.45) is 2.91. The molecular weight excluding hydrogens is 234 g/mol. The summed E-state index contributed by atoms with van der Waals surface area (Å²) in [6.45, 7) is 1.98. The number of amides is 1. The minimum absolute atomic E-state index is 0.245. The molecule has 1 aromatic heterocycles. The summed E-state index contributed by atoms with van der Waals surface area (Å²) in [7, 11) is 1.76. The van der Waals surface area contributed by atoms with Crippen molar-refractivity contribution in [2.24, 2.45) is 24.8 Å². The summed E-state index contributed by atoms with van der Waals surface area (Å²) in [5.41, 5.74) is 0. The molecule has 18 heavy (non-hydrogen) atoms. The van der Waals surface area contributed by atoms with Crippen LogP contribution in [0.1, 0.15) is 19.8 Å². The second-order valence-corrected chi connectivity index (χ2v) is 4.99. The van der Waals surface area contributed by atoms with Gasteiger partial charge in [-0.25, -0.2) is 0 Å². The molecule has 1 amide bonds. The van der Waals surface area contributed by atoms with E-state index in [0.717, 1.165) is 0 Å². The number of aromatic nitrogens is 2. The third kappa shape index (κ3) is 2.52. The zero-order chi connectivity index (χ0) is 13.3. The van der Waals surface area contributed by atoms with Crippen LogP contribution >= 0.6 is 0 Å². The number of aryl methyl sites for hydroxylation is 1. The van der Waals surface area contributed by atoms with Crippen molar-refractivity contribution in [3.63, 3.8) is 0 Å². The molecule has 1 aromatic rings. The quantitative estimate of drug-likeness (QED) is 0.842. The van der Waals surface area contributed by atoms with E-state index in [0.29, 0.717) is 18.7 Å². The minimum atomic E-state index is -0.888. The Bertz CT molecular complexity index is 469. The van der Waals surface area contributed by atoms with Crippen LogP contribution in [0.2, 0.25) is 0 Å². The summed E-state index contributed by atoms with van der Waals surface area (Å²) in [5.74, 6) is -1.44. The Morgan fingerprint density at radius 1 is 1.44 bits per heavy atom. The first-order valence-electron chi connectivity index (χ1n) is 6.00. The number of carboxylic acid groups (broad SMARTS) is 1. The Kier molecular flexibility index (Phi) is 3.36. The van der Waals surface area contributed by atoms with E-state index >= 15 is 0 Å². The second kappa shape index (κ2) is 4.80. The lowest BCUT2D eigenvalue weighted by Gasteiger charge is -2.14. The van der Waals surface area contributed by atoms with Crippen LogP contribution in [0.5, 0.6) is 0 Å². The zero-order valence-corrected chi connectivity index (χ0v) is 10.5. The number of nitrogens with one attached hydrogen (secondary N) is 1. The fourth-order valence-electron chi connectivity index (χ4n) is 2.56. The van der Waals surface area contributed by atoms with Gasteiger partial charge in [0, 0.05) is 19.3 Å². The number of aliphatic carboxylic acids is 1. The van der Waals surface area contributed by atoms with Crippen LogP contribution < -0.4 is 5.32 Å². The highest BCUT2D eigenvalue weighted by atomic mass is 16.4. The Morgan fingerprint density at radius 3 is 2.67 bits per heavy atom. The summed E-state index contributed by atoms with van der Waals surface area (Å²) in [6, 6.07) is 1.69. The molecule has 1 heterocycles. The SMILES string of the molecule is CC1CC(C(=O)O)C(C(=O)Nc2ccn(C)n2)C1. The van der Waals surface area contributed by atoms with Gasteiger partial charge in [0.2, 0.25) is 5.91 Å². The summed E-state index contributed by atoms with van der Waals surface area (Å²) < 4.78 is 1.58. The number of hydrogen-bond acceptors (Lipinski definition) is 3. The van der Waals surface area contributed by atoms with Gasteiger partial charge in [0.15, 0.2) is 5.82 Å². The van der Waals surface area contributed by atoms with Crippen LogP contribution in [-0.4, -0.2) is 26.8 Å². The zero-order valence-electron chi connectivity index (χ0n) is 10.5. The largest absolute Gasteiger partial charge is 0.481 e. The first kappa shape index (κ1) is 12.6. The highest BCUT2D eigenvalue weighted by molar-refractivity contribution is 5.94. The molecular formula is C12H17N3O3. The van der Waals surface area contributed by atoms with Crippen LogP contribution in [-0.2, 0) is 16.6 Å². The first-order chi connectivity index (χ1) is 8.47. The van der Waals surface area contributed by atoms with Crippen LogP contribution in [0.3, 0.4) is 0 Å². The van der Waals surface area contributed by atoms with Crippen LogP contribution in [0.15, 0.2) is 12.3 Å². The predicted molar refractivity (Wildman–Crippen MR) is 64.9 cm³/mol. The lowest BCUT2D eigenvalue weighted by Crippen LogP contribution is -2.30. The van der Waals surface area contributed by atoms with E-state index in [1.165, 1.54) is 0 Å². The van der Waals surface area contributed by atoms with Gasteiger partial charge in [-0.1, -0.05) is 6.92 Å². The Labute approximate surface area is 105 Å². The van der Waals surface area contributed by atoms with E-state index in [9.17, 15) is 9.59 Å². The van der Waals surface area contributed by atoms with E-state index in [1.54, 1.807) is 24.0 Å². The van der Waals surface area contributed by atoms with E-state index in [-0.39, 0.29) is 11.8 Å². The molecule has 0 radical (unpaired) electrons. The number of carbonyl (C=O) groups is 2. The molecule has 0 spiro atoms. The van der Waals surface area contributed by atoms with Gasteiger partial charge in [-0.15, -0.1) is 0 Å². The lowest BCUT2D eigenvalue weighted by molar-refractivity contribution is -0.145. The summed E-state index contributed by atoms with van der Waals surface area (Å²) in [5, 5.41) is 15.8. The van der Waals surface area contributed by atoms with Crippen molar-refractivity contribution in [1.29, 1.82) is 0 Å². The predicted octanol–water partition coefficient (Wildman–Crippen LogP) is 1.11. The molecule has 1 aliphatic rings. The molecule has 1 saturated carbocycles. The van der Waals surface area contributed by atoms with Crippen LogP contribution in [0, 0.1) is 17.8 Å². The molecule has 3 atom stereocenters. The molecule has 0 saturated heterocycles. The second-order valence-electron chi connectivity index (χ2n) is 4.99. The Hall–Kier alpha value is -1.85. The molecule has 1 aliphatic carbocycles. The van der Waals surface area contributed by atoms with Gasteiger partial charge >= 0.3 is 5.97 Å². The molecule has 0 aromatic carbocycles. The Balaban J connectivity index is 2.06. The minimum Gasteiger partial charge on any atom is -0.481 e. The van der Waals surface area contributed by atoms with Gasteiger partial charge in [0.05, 0.1) is 11.8 Å². The van der Waals surface area contributed by atoms with Crippen molar-refractivity contribution in [1.82, 2.24) is 9.78 Å². The first-order valence-corrected chi connectivity index (χ1v) is 6.00. The standard InChI is InChI=1S/C12H17N3O3/c1-7-5-8(9(6-7)12(17)18)11(16)13-10-3-4-15(2)14-10/h3-4,7-9H,5-6H2,1-2H3,(H,17,18)(H,13,14,16). The smallest absolute Gasteiger partial charge is 0.307 e. The Morgan fingerprint density at radius 2 is 2.11 bits per heavy atom. The number of rotatable bonds is 3. The summed E-state index contributed by atoms with van der Waals surface area (Å²) in [4.78, 5) is 23.2. The van der Waals surface area contributed by atoms with Crippen molar-refractivity contribution < 1.29 is 14.7 Å². The van der Waals surface area contributed by atoms with Crippen LogP contribution in [0.4, 0.5) is 5.82 Å². The molecule has 1 fully saturated rings. The third-order valence-corrected chi connectivity index (χ3v) is 3.42. The normalized spacial score (nSPS) is 27.1. The maximum absolute atomic E-state index is 12.1. The van der Waals surface area contributed by atoms with Crippen molar-refractivity contribution in [2.75, 3.05) is 5.32 Å². The topological polar surface area (TPSA) is 84.2 Å². The van der Waals surface area contributed by atoms with Crippen molar-refractivity contribution in [3.05, 3.63) is 12.3 Å². The van der Waals surface area contributed by atoms with Crippen LogP contribution in [0.25, 0.3) is 0 Å². The average Bonchev–Trinajstić information content (AvgIpc) is 2.85. The molecule has 2 rings (SSSR count). The fraction of sp³-hybridized carbons (Fsp3) is 0.583. The van der Waals surface area contributed by atoms with E-state index in [2.05, 4.69) is 10.4 Å². The fourth-order valence-corrected chi connectivity index (χ4v) is 2.56. The third-order valence-electron chi connectivity index (χ3n) is 3.42. The summed E-state index contributed by atoms with van der Waals surface area (Å²) >= 11 is 0. The molecule has 6 heteroatoms. The molecule has 2 N–H and O–H groups in total. The maximum atomic E-state index is 12.1. The van der Waals surface area contributed by atoms with Gasteiger partial charge in [-0.2, -0.15) is 5.10 Å². The average molecular weight is 251 g/mol. The number of carbonyl (C=O) groups excluding carboxylic acids is 1. The van der Waals surface area contributed by atoms with Gasteiger partial charge < -0.3 is 10.4 Å². The van der Waals surface area contributed by atoms with Gasteiger partial charge in [0.25, 0.3) is 0 Å². The molecule has 6 nitrogen and oxygen atoms in total. The van der Waals surface area contributed by atoms with Gasteiger partial charge in [0.1, 0.15) is 0 Å². The lowest BCUT2D eigenvalue weighted by atomic mass is 9.95.